The molecule has 2 fully saturated rings. The molecule has 2 aliphatic rings. The van der Waals surface area contributed by atoms with Gasteiger partial charge in [-0.05, 0) is 76.4 Å². The summed E-state index contributed by atoms with van der Waals surface area (Å²) in [5, 5.41) is 7.25. The van der Waals surface area contributed by atoms with Crippen LogP contribution >= 0.6 is 0 Å². The second-order valence-electron chi connectivity index (χ2n) is 8.24. The van der Waals surface area contributed by atoms with Crippen LogP contribution in [0.2, 0.25) is 0 Å². The summed E-state index contributed by atoms with van der Waals surface area (Å²) in [6.45, 7) is 12.0. The van der Waals surface area contributed by atoms with E-state index in [4.69, 9.17) is 0 Å². The zero-order chi connectivity index (χ0) is 17.8. The summed E-state index contributed by atoms with van der Waals surface area (Å²) in [6, 6.07) is 0. The summed E-state index contributed by atoms with van der Waals surface area (Å²) in [7, 11) is 0. The van der Waals surface area contributed by atoms with Gasteiger partial charge < -0.3 is 9.80 Å². The summed E-state index contributed by atoms with van der Waals surface area (Å²) in [5.41, 5.74) is 3.34. The molecule has 2 saturated heterocycles. The molecule has 5 nitrogen and oxygen atoms in total. The maximum Gasteiger partial charge on any atom is 0.222 e. The molecule has 0 spiro atoms. The van der Waals surface area contributed by atoms with E-state index < -0.39 is 0 Å². The van der Waals surface area contributed by atoms with Crippen LogP contribution in [0.3, 0.4) is 0 Å². The number of aromatic nitrogens is 2. The van der Waals surface area contributed by atoms with Crippen LogP contribution in [0.5, 0.6) is 0 Å². The van der Waals surface area contributed by atoms with Crippen LogP contribution in [0, 0.1) is 25.7 Å². The highest BCUT2D eigenvalue weighted by Crippen LogP contribution is 2.22. The van der Waals surface area contributed by atoms with Gasteiger partial charge >= 0.3 is 0 Å². The number of piperidine rings is 2. The molecule has 5 heteroatoms. The Morgan fingerprint density at radius 1 is 1.20 bits per heavy atom. The lowest BCUT2D eigenvalue weighted by molar-refractivity contribution is -0.133. The van der Waals surface area contributed by atoms with Gasteiger partial charge in [-0.2, -0.15) is 5.10 Å². The van der Waals surface area contributed by atoms with E-state index in [0.29, 0.717) is 18.2 Å². The fraction of sp³-hybridized carbons (Fsp3) is 0.800. The van der Waals surface area contributed by atoms with Crippen LogP contribution in [0.1, 0.15) is 56.0 Å². The van der Waals surface area contributed by atoms with Crippen molar-refractivity contribution in [3.8, 4) is 0 Å². The van der Waals surface area contributed by atoms with Gasteiger partial charge in [-0.1, -0.05) is 6.92 Å². The van der Waals surface area contributed by atoms with E-state index >= 15 is 0 Å². The number of rotatable bonds is 5. The molecule has 1 N–H and O–H groups in total. The average molecular weight is 347 g/mol. The van der Waals surface area contributed by atoms with E-state index in [9.17, 15) is 4.79 Å². The van der Waals surface area contributed by atoms with E-state index in [1.165, 1.54) is 44.5 Å². The van der Waals surface area contributed by atoms with Gasteiger partial charge in [0, 0.05) is 31.7 Å². The normalized spacial score (nSPS) is 23.2. The molecule has 3 rings (SSSR count). The van der Waals surface area contributed by atoms with Crippen molar-refractivity contribution in [1.82, 2.24) is 20.0 Å². The molecule has 1 aromatic rings. The molecule has 3 heterocycles. The van der Waals surface area contributed by atoms with Gasteiger partial charge in [0.2, 0.25) is 5.91 Å². The van der Waals surface area contributed by atoms with Gasteiger partial charge in [-0.3, -0.25) is 9.89 Å². The Kier molecular flexibility index (Phi) is 6.15. The lowest BCUT2D eigenvalue weighted by Crippen LogP contribution is -2.45. The van der Waals surface area contributed by atoms with Crippen LogP contribution in [0.25, 0.3) is 0 Å². The van der Waals surface area contributed by atoms with E-state index in [2.05, 4.69) is 26.9 Å². The van der Waals surface area contributed by atoms with E-state index in [0.717, 1.165) is 43.2 Å². The number of H-pyrrole nitrogens is 1. The molecule has 0 unspecified atom stereocenters. The number of hydrogen-bond acceptors (Lipinski definition) is 3. The maximum atomic E-state index is 12.7. The van der Waals surface area contributed by atoms with Gasteiger partial charge in [-0.15, -0.1) is 0 Å². The Morgan fingerprint density at radius 2 is 1.96 bits per heavy atom. The highest BCUT2D eigenvalue weighted by molar-refractivity contribution is 5.76. The van der Waals surface area contributed by atoms with E-state index in [-0.39, 0.29) is 0 Å². The average Bonchev–Trinajstić information content (AvgIpc) is 2.93. The van der Waals surface area contributed by atoms with Crippen molar-refractivity contribution in [2.75, 3.05) is 32.7 Å². The molecule has 1 aromatic heterocycles. The Morgan fingerprint density at radius 3 is 2.64 bits per heavy atom. The van der Waals surface area contributed by atoms with Crippen molar-refractivity contribution < 1.29 is 4.79 Å². The van der Waals surface area contributed by atoms with Crippen LogP contribution in [0.4, 0.5) is 0 Å². The first-order chi connectivity index (χ1) is 12.0. The zero-order valence-corrected chi connectivity index (χ0v) is 16.2. The number of carbonyl (C=O) groups excluding carboxylic acids is 1. The molecule has 1 amide bonds. The number of nitrogens with zero attached hydrogens (tertiary/aromatic N) is 3. The number of likely N-dealkylation sites (tertiary alicyclic amines) is 2. The van der Waals surface area contributed by atoms with Gasteiger partial charge in [0.05, 0.1) is 5.69 Å². The van der Waals surface area contributed by atoms with Gasteiger partial charge in [0.25, 0.3) is 0 Å². The number of carbonyl (C=O) groups is 1. The van der Waals surface area contributed by atoms with Crippen molar-refractivity contribution in [2.24, 2.45) is 11.8 Å². The summed E-state index contributed by atoms with van der Waals surface area (Å²) in [5.74, 6) is 1.86. The lowest BCUT2D eigenvalue weighted by Gasteiger charge is -2.38. The van der Waals surface area contributed by atoms with Crippen molar-refractivity contribution in [2.45, 2.75) is 59.3 Å². The van der Waals surface area contributed by atoms with Gasteiger partial charge in [-0.25, -0.2) is 0 Å². The van der Waals surface area contributed by atoms with Crippen molar-refractivity contribution in [3.63, 3.8) is 0 Å². The number of aryl methyl sites for hydroxylation is 2. The molecular weight excluding hydrogens is 312 g/mol. The SMILES string of the molecule is Cc1n[nH]c(C)c1CCC(=O)N1CCC[C@@H](CN2CCC(C)CC2)C1. The summed E-state index contributed by atoms with van der Waals surface area (Å²) in [4.78, 5) is 17.4. The molecule has 0 radical (unpaired) electrons. The van der Waals surface area contributed by atoms with Crippen LogP contribution in [0.15, 0.2) is 0 Å². The maximum absolute atomic E-state index is 12.7. The minimum Gasteiger partial charge on any atom is -0.342 e. The smallest absolute Gasteiger partial charge is 0.222 e. The van der Waals surface area contributed by atoms with Crippen molar-refractivity contribution >= 4 is 5.91 Å². The predicted octanol–water partition coefficient (Wildman–Crippen LogP) is 2.93. The summed E-state index contributed by atoms with van der Waals surface area (Å²) < 4.78 is 0. The Hall–Kier alpha value is -1.36. The topological polar surface area (TPSA) is 52.2 Å². The summed E-state index contributed by atoms with van der Waals surface area (Å²) in [6.07, 6.45) is 6.51. The second-order valence-corrected chi connectivity index (χ2v) is 8.24. The second kappa shape index (κ2) is 8.35. The van der Waals surface area contributed by atoms with Crippen LogP contribution in [-0.2, 0) is 11.2 Å². The number of aromatic amines is 1. The Balaban J connectivity index is 1.46. The molecule has 140 valence electrons. The molecule has 0 bridgehead atoms. The minimum atomic E-state index is 0.317. The number of amides is 1. The standard InChI is InChI=1S/C20H34N4O/c1-15-8-11-23(12-9-15)13-18-5-4-10-24(14-18)20(25)7-6-19-16(2)21-22-17(19)3/h15,18H,4-14H2,1-3H3,(H,21,22)/t18-/m0/s1. The molecule has 0 aliphatic carbocycles. The first kappa shape index (κ1) is 18.4. The van der Waals surface area contributed by atoms with Gasteiger partial charge in [0.1, 0.15) is 0 Å². The molecular formula is C20H34N4O. The number of nitrogens with one attached hydrogen (secondary N) is 1. The van der Waals surface area contributed by atoms with Crippen molar-refractivity contribution in [1.29, 1.82) is 0 Å². The van der Waals surface area contributed by atoms with Crippen LogP contribution < -0.4 is 0 Å². The third kappa shape index (κ3) is 4.84. The fourth-order valence-corrected chi connectivity index (χ4v) is 4.38. The van der Waals surface area contributed by atoms with Gasteiger partial charge in [0.15, 0.2) is 0 Å². The highest BCUT2D eigenvalue weighted by atomic mass is 16.2. The first-order valence-electron chi connectivity index (χ1n) is 10.0. The monoisotopic (exact) mass is 346 g/mol. The fourth-order valence-electron chi connectivity index (χ4n) is 4.38. The number of hydrogen-bond donors (Lipinski definition) is 1. The Labute approximate surface area is 152 Å². The van der Waals surface area contributed by atoms with E-state index in [1.807, 2.05) is 13.8 Å². The zero-order valence-electron chi connectivity index (χ0n) is 16.2. The summed E-state index contributed by atoms with van der Waals surface area (Å²) >= 11 is 0. The Bertz CT molecular complexity index is 555. The molecule has 25 heavy (non-hydrogen) atoms. The third-order valence-corrected chi connectivity index (χ3v) is 6.13. The molecule has 0 aromatic carbocycles. The lowest BCUT2D eigenvalue weighted by atomic mass is 9.94. The van der Waals surface area contributed by atoms with Crippen molar-refractivity contribution in [3.05, 3.63) is 17.0 Å². The first-order valence-corrected chi connectivity index (χ1v) is 10.0. The molecule has 1 atom stereocenters. The third-order valence-electron chi connectivity index (χ3n) is 6.13. The predicted molar refractivity (Wildman–Crippen MR) is 101 cm³/mol. The highest BCUT2D eigenvalue weighted by Gasteiger charge is 2.26. The minimum absolute atomic E-state index is 0.317. The van der Waals surface area contributed by atoms with E-state index in [1.54, 1.807) is 0 Å². The molecule has 0 saturated carbocycles. The quantitative estimate of drug-likeness (QED) is 0.892. The van der Waals surface area contributed by atoms with Crippen LogP contribution in [-0.4, -0.2) is 58.6 Å². The largest absolute Gasteiger partial charge is 0.342 e. The molecule has 2 aliphatic heterocycles.